The van der Waals surface area contributed by atoms with Crippen molar-refractivity contribution in [2.24, 2.45) is 0 Å². The Kier molecular flexibility index (Phi) is 3.79. The first-order chi connectivity index (χ1) is 10.1. The number of aromatic nitrogens is 4. The van der Waals surface area contributed by atoms with E-state index in [9.17, 15) is 5.11 Å². The fourth-order valence-electron chi connectivity index (χ4n) is 2.21. The highest BCUT2D eigenvalue weighted by molar-refractivity contribution is 9.10. The number of aliphatic hydroxyl groups is 1. The largest absolute Gasteiger partial charge is 0.395 e. The first kappa shape index (κ1) is 14.2. The second kappa shape index (κ2) is 5.59. The summed E-state index contributed by atoms with van der Waals surface area (Å²) in [6.45, 7) is 0.483. The first-order valence-corrected chi connectivity index (χ1v) is 7.31. The van der Waals surface area contributed by atoms with Gasteiger partial charge in [0, 0.05) is 23.7 Å². The van der Waals surface area contributed by atoms with Crippen LogP contribution in [0.4, 0.5) is 5.95 Å². The van der Waals surface area contributed by atoms with E-state index in [4.69, 9.17) is 17.3 Å². The van der Waals surface area contributed by atoms with Gasteiger partial charge in [-0.05, 0) is 22.0 Å². The predicted octanol–water partition coefficient (Wildman–Crippen LogP) is 2.48. The Balaban J connectivity index is 2.31. The molecular formula is C13H11BrClN5O. The lowest BCUT2D eigenvalue weighted by Gasteiger charge is -2.02. The molecule has 0 unspecified atom stereocenters. The molecule has 8 heteroatoms. The number of nitrogens with zero attached hydrogens (tertiary/aromatic N) is 4. The molecule has 0 aliphatic heterocycles. The summed E-state index contributed by atoms with van der Waals surface area (Å²) in [7, 11) is 0. The molecule has 0 spiro atoms. The minimum absolute atomic E-state index is 0.0267. The molecule has 0 bridgehead atoms. The van der Waals surface area contributed by atoms with Gasteiger partial charge in [0.25, 0.3) is 0 Å². The van der Waals surface area contributed by atoms with Gasteiger partial charge in [-0.3, -0.25) is 0 Å². The molecule has 0 atom stereocenters. The highest BCUT2D eigenvalue weighted by Crippen LogP contribution is 2.34. The molecule has 0 saturated carbocycles. The summed E-state index contributed by atoms with van der Waals surface area (Å²) in [6, 6.07) is 1.88. The van der Waals surface area contributed by atoms with Gasteiger partial charge in [-0.2, -0.15) is 0 Å². The van der Waals surface area contributed by atoms with Crippen molar-refractivity contribution in [2.45, 2.75) is 6.54 Å². The number of anilines is 1. The molecule has 108 valence electrons. The molecule has 0 radical (unpaired) electrons. The standard InChI is InChI=1S/C13H11BrClN5O/c14-11-3-7-8(12-9(15)4-18-13(16)19-12)6-20(1-2-21)10(7)5-17-11/h3-6,21H,1-2H2,(H2,16,18,19). The summed E-state index contributed by atoms with van der Waals surface area (Å²) in [4.78, 5) is 12.3. The molecule has 3 aromatic rings. The number of aliphatic hydroxyl groups excluding tert-OH is 1. The molecule has 3 heterocycles. The van der Waals surface area contributed by atoms with Crippen LogP contribution in [0.15, 0.2) is 29.3 Å². The molecule has 0 saturated heterocycles. The van der Waals surface area contributed by atoms with Crippen LogP contribution >= 0.6 is 27.5 Å². The van der Waals surface area contributed by atoms with E-state index in [1.165, 1.54) is 6.20 Å². The number of rotatable bonds is 3. The maximum Gasteiger partial charge on any atom is 0.220 e. The van der Waals surface area contributed by atoms with Gasteiger partial charge in [0.2, 0.25) is 5.95 Å². The van der Waals surface area contributed by atoms with Crippen LogP contribution < -0.4 is 5.73 Å². The number of hydrogen-bond donors (Lipinski definition) is 2. The lowest BCUT2D eigenvalue weighted by Crippen LogP contribution is -2.00. The highest BCUT2D eigenvalue weighted by atomic mass is 79.9. The van der Waals surface area contributed by atoms with Gasteiger partial charge in [-0.25, -0.2) is 15.0 Å². The summed E-state index contributed by atoms with van der Waals surface area (Å²) in [6.07, 6.45) is 5.09. The quantitative estimate of drug-likeness (QED) is 0.693. The van der Waals surface area contributed by atoms with Gasteiger partial charge in [-0.15, -0.1) is 0 Å². The van der Waals surface area contributed by atoms with Crippen LogP contribution in [0.25, 0.3) is 22.2 Å². The van der Waals surface area contributed by atoms with E-state index in [1.807, 2.05) is 16.8 Å². The van der Waals surface area contributed by atoms with Crippen molar-refractivity contribution < 1.29 is 5.11 Å². The van der Waals surface area contributed by atoms with Crippen LogP contribution in [0.3, 0.4) is 0 Å². The van der Waals surface area contributed by atoms with Crippen molar-refractivity contribution in [2.75, 3.05) is 12.3 Å². The van der Waals surface area contributed by atoms with E-state index in [0.29, 0.717) is 21.9 Å². The van der Waals surface area contributed by atoms with Crippen LogP contribution in [0.1, 0.15) is 0 Å². The Hall–Kier alpha value is -1.70. The number of halogens is 2. The molecule has 0 aromatic carbocycles. The molecule has 0 aliphatic rings. The van der Waals surface area contributed by atoms with Crippen molar-refractivity contribution in [1.82, 2.24) is 19.5 Å². The maximum atomic E-state index is 9.19. The van der Waals surface area contributed by atoms with E-state index in [1.54, 1.807) is 6.20 Å². The van der Waals surface area contributed by atoms with Gasteiger partial charge >= 0.3 is 0 Å². The Morgan fingerprint density at radius 3 is 2.90 bits per heavy atom. The number of pyridine rings is 1. The van der Waals surface area contributed by atoms with Gasteiger partial charge in [0.1, 0.15) is 4.60 Å². The summed E-state index contributed by atoms with van der Waals surface area (Å²) in [5, 5.41) is 10.5. The highest BCUT2D eigenvalue weighted by Gasteiger charge is 2.15. The number of hydrogen-bond acceptors (Lipinski definition) is 5. The normalized spacial score (nSPS) is 11.2. The third-order valence-corrected chi connectivity index (χ3v) is 3.80. The Labute approximate surface area is 133 Å². The van der Waals surface area contributed by atoms with Crippen LogP contribution in [0.5, 0.6) is 0 Å². The Morgan fingerprint density at radius 1 is 1.33 bits per heavy atom. The van der Waals surface area contributed by atoms with E-state index in [2.05, 4.69) is 30.9 Å². The first-order valence-electron chi connectivity index (χ1n) is 6.14. The summed E-state index contributed by atoms with van der Waals surface area (Å²) >= 11 is 9.55. The summed E-state index contributed by atoms with van der Waals surface area (Å²) in [5.74, 6) is 0.158. The average Bonchev–Trinajstić information content (AvgIpc) is 2.80. The van der Waals surface area contributed by atoms with Gasteiger partial charge in [0.15, 0.2) is 0 Å². The topological polar surface area (TPSA) is 89.8 Å². The van der Waals surface area contributed by atoms with Crippen LogP contribution in [0, 0.1) is 0 Å². The van der Waals surface area contributed by atoms with Crippen LogP contribution in [-0.2, 0) is 6.54 Å². The lowest BCUT2D eigenvalue weighted by molar-refractivity contribution is 0.278. The Morgan fingerprint density at radius 2 is 2.14 bits per heavy atom. The monoisotopic (exact) mass is 367 g/mol. The second-order valence-electron chi connectivity index (χ2n) is 4.41. The fraction of sp³-hybridized carbons (Fsp3) is 0.154. The van der Waals surface area contributed by atoms with Crippen LogP contribution in [-0.4, -0.2) is 31.2 Å². The van der Waals surface area contributed by atoms with Gasteiger partial charge < -0.3 is 15.4 Å². The molecule has 3 rings (SSSR count). The summed E-state index contributed by atoms with van der Waals surface area (Å²) < 4.78 is 2.61. The van der Waals surface area contributed by atoms with E-state index in [0.717, 1.165) is 16.5 Å². The van der Waals surface area contributed by atoms with Crippen molar-refractivity contribution in [3.8, 4) is 11.3 Å². The zero-order valence-electron chi connectivity index (χ0n) is 10.8. The smallest absolute Gasteiger partial charge is 0.220 e. The molecule has 21 heavy (non-hydrogen) atoms. The van der Waals surface area contributed by atoms with Crippen molar-refractivity contribution >= 4 is 44.4 Å². The molecule has 6 nitrogen and oxygen atoms in total. The second-order valence-corrected chi connectivity index (χ2v) is 5.63. The van der Waals surface area contributed by atoms with Crippen molar-refractivity contribution in [3.05, 3.63) is 34.3 Å². The lowest BCUT2D eigenvalue weighted by atomic mass is 10.1. The molecule has 3 aromatic heterocycles. The zero-order chi connectivity index (χ0) is 15.0. The Bertz CT molecular complexity index is 820. The molecule has 3 N–H and O–H groups in total. The van der Waals surface area contributed by atoms with E-state index in [-0.39, 0.29) is 12.6 Å². The third kappa shape index (κ3) is 2.59. The van der Waals surface area contributed by atoms with Gasteiger partial charge in [0.05, 0.1) is 35.2 Å². The molecular weight excluding hydrogens is 358 g/mol. The fourth-order valence-corrected chi connectivity index (χ4v) is 2.74. The van der Waals surface area contributed by atoms with E-state index < -0.39 is 0 Å². The molecule has 0 fully saturated rings. The van der Waals surface area contributed by atoms with Crippen molar-refractivity contribution in [1.29, 1.82) is 0 Å². The average molecular weight is 369 g/mol. The predicted molar refractivity (Wildman–Crippen MR) is 85.0 cm³/mol. The number of nitrogen functional groups attached to an aromatic ring is 1. The van der Waals surface area contributed by atoms with Crippen LogP contribution in [0.2, 0.25) is 5.02 Å². The summed E-state index contributed by atoms with van der Waals surface area (Å²) in [5.41, 5.74) is 7.92. The third-order valence-electron chi connectivity index (χ3n) is 3.09. The maximum absolute atomic E-state index is 9.19. The molecule has 0 aliphatic carbocycles. The SMILES string of the molecule is Nc1ncc(Cl)c(-c2cn(CCO)c3cnc(Br)cc23)n1. The number of nitrogens with two attached hydrogens (primary N) is 1. The van der Waals surface area contributed by atoms with Gasteiger partial charge in [-0.1, -0.05) is 11.6 Å². The minimum atomic E-state index is 0.0267. The molecule has 0 amide bonds. The van der Waals surface area contributed by atoms with E-state index >= 15 is 0 Å². The number of fused-ring (bicyclic) bond motifs is 1. The zero-order valence-corrected chi connectivity index (χ0v) is 13.1. The minimum Gasteiger partial charge on any atom is -0.395 e. The van der Waals surface area contributed by atoms with Crippen molar-refractivity contribution in [3.63, 3.8) is 0 Å².